The van der Waals surface area contributed by atoms with Crippen molar-refractivity contribution in [3.05, 3.63) is 24.0 Å². The van der Waals surface area contributed by atoms with Crippen LogP contribution < -0.4 is 9.21 Å². The number of nitrogens with zero attached hydrogens (tertiary/aromatic N) is 7. The normalized spacial score (nSPS) is 19.8. The smallest absolute Gasteiger partial charge is 0.358 e. The van der Waals surface area contributed by atoms with Crippen LogP contribution in [0.15, 0.2) is 18.5 Å². The van der Waals surface area contributed by atoms with Crippen LogP contribution in [0.2, 0.25) is 0 Å². The van der Waals surface area contributed by atoms with Crippen molar-refractivity contribution in [1.82, 2.24) is 29.7 Å². The van der Waals surface area contributed by atoms with Crippen molar-refractivity contribution in [2.45, 2.75) is 19.4 Å². The summed E-state index contributed by atoms with van der Waals surface area (Å²) in [6, 6.07) is 1.67. The largest absolute Gasteiger partial charge is 0.377 e. The lowest BCUT2D eigenvalue weighted by Crippen LogP contribution is -2.44. The molecule has 0 unspecified atom stereocenters. The number of H-pyrrole nitrogens is 1. The van der Waals surface area contributed by atoms with Gasteiger partial charge in [-0.1, -0.05) is 8.96 Å². The molecule has 3 aromatic heterocycles. The molecule has 1 N–H and O–H groups in total. The molecule has 3 aromatic rings. The predicted molar refractivity (Wildman–Crippen MR) is 103 cm³/mol. The van der Waals surface area contributed by atoms with Crippen LogP contribution in [0.5, 0.6) is 0 Å². The third-order valence-corrected chi connectivity index (χ3v) is 6.66. The third-order valence-electron chi connectivity index (χ3n) is 5.39. The Bertz CT molecular complexity index is 1200. The maximum absolute atomic E-state index is 13.2. The summed E-state index contributed by atoms with van der Waals surface area (Å²) in [4.78, 5) is 6.82. The van der Waals surface area contributed by atoms with Crippen LogP contribution in [0.25, 0.3) is 16.9 Å². The van der Waals surface area contributed by atoms with Crippen molar-refractivity contribution in [3.8, 4) is 5.82 Å². The number of hydrogen-bond donors (Lipinski definition) is 1. The van der Waals surface area contributed by atoms with Gasteiger partial charge in [0.25, 0.3) is 0 Å². The molecule has 5 rings (SSSR count). The third kappa shape index (κ3) is 2.74. The predicted octanol–water partition coefficient (Wildman–Crippen LogP) is 1.05. The quantitative estimate of drug-likeness (QED) is 0.604. The number of nitrogens with one attached hydrogen (secondary N) is 1. The van der Waals surface area contributed by atoms with Crippen LogP contribution in [-0.4, -0.2) is 70.5 Å². The van der Waals surface area contributed by atoms with Gasteiger partial charge in [0, 0.05) is 24.7 Å². The lowest BCUT2D eigenvalue weighted by atomic mass is 10.1. The molecule has 0 saturated carbocycles. The van der Waals surface area contributed by atoms with E-state index in [2.05, 4.69) is 15.3 Å². The van der Waals surface area contributed by atoms with Gasteiger partial charge >= 0.3 is 10.2 Å². The summed E-state index contributed by atoms with van der Waals surface area (Å²) in [5.41, 5.74) is 1.13. The summed E-state index contributed by atoms with van der Waals surface area (Å²) in [6.07, 6.45) is 3.24. The Morgan fingerprint density at radius 3 is 2.87 bits per heavy atom. The highest BCUT2D eigenvalue weighted by atomic mass is 32.2. The van der Waals surface area contributed by atoms with Gasteiger partial charge in [-0.05, 0) is 13.3 Å². The van der Waals surface area contributed by atoms with Gasteiger partial charge < -0.3 is 9.64 Å². The Morgan fingerprint density at radius 2 is 2.17 bits per heavy atom. The van der Waals surface area contributed by atoms with Crippen LogP contribution in [-0.2, 0) is 21.4 Å². The zero-order valence-electron chi connectivity index (χ0n) is 15.9. The first-order valence-corrected chi connectivity index (χ1v) is 10.7. The average Bonchev–Trinajstić information content (AvgIpc) is 3.45. The number of pyridine rings is 1. The Kier molecular flexibility index (Phi) is 4.37. The van der Waals surface area contributed by atoms with Gasteiger partial charge in [0.15, 0.2) is 16.2 Å². The van der Waals surface area contributed by atoms with Crippen molar-refractivity contribution in [1.29, 1.82) is 0 Å². The van der Waals surface area contributed by atoms with Gasteiger partial charge in [0.05, 0.1) is 42.7 Å². The van der Waals surface area contributed by atoms with E-state index >= 15 is 0 Å². The Labute approximate surface area is 169 Å². The SMILES string of the molecule is C[C@@H]1COCCN1c1nc2c(cnn2-c2ccn[nH]2)c2c1CCN2S(=O)(=O)N(F)F. The van der Waals surface area contributed by atoms with Gasteiger partial charge in [0.1, 0.15) is 5.82 Å². The first-order valence-electron chi connectivity index (χ1n) is 9.29. The minimum absolute atomic E-state index is 0.0131. The molecule has 2 aliphatic heterocycles. The number of aromatic nitrogens is 5. The number of morpholine rings is 1. The molecule has 14 heteroatoms. The van der Waals surface area contributed by atoms with Gasteiger partial charge in [0.2, 0.25) is 0 Å². The van der Waals surface area contributed by atoms with E-state index in [4.69, 9.17) is 9.72 Å². The highest BCUT2D eigenvalue weighted by molar-refractivity contribution is 7.90. The number of rotatable bonds is 4. The number of halogens is 2. The molecule has 160 valence electrons. The van der Waals surface area contributed by atoms with Crippen molar-refractivity contribution in [2.24, 2.45) is 0 Å². The van der Waals surface area contributed by atoms with Gasteiger partial charge in [-0.2, -0.15) is 23.3 Å². The molecular weight excluding hydrogens is 422 g/mol. The molecule has 11 nitrogen and oxygen atoms in total. The number of fused-ring (bicyclic) bond motifs is 3. The first-order chi connectivity index (χ1) is 14.4. The van der Waals surface area contributed by atoms with Gasteiger partial charge in [-0.15, -0.1) is 0 Å². The summed E-state index contributed by atoms with van der Waals surface area (Å²) < 4.78 is 57.1. The number of hydrogen-bond acceptors (Lipinski definition) is 7. The van der Waals surface area contributed by atoms with Gasteiger partial charge in [-0.3, -0.25) is 9.40 Å². The van der Waals surface area contributed by atoms with Crippen molar-refractivity contribution in [3.63, 3.8) is 0 Å². The van der Waals surface area contributed by atoms with E-state index in [0.29, 0.717) is 48.0 Å². The Hall–Kier alpha value is -2.84. The second-order valence-electron chi connectivity index (χ2n) is 7.12. The molecule has 0 radical (unpaired) electrons. The molecule has 1 fully saturated rings. The summed E-state index contributed by atoms with van der Waals surface area (Å²) in [7, 11) is -4.98. The van der Waals surface area contributed by atoms with E-state index in [9.17, 15) is 17.4 Å². The van der Waals surface area contributed by atoms with Crippen molar-refractivity contribution >= 4 is 32.7 Å². The number of aromatic amines is 1. The Morgan fingerprint density at radius 1 is 1.33 bits per heavy atom. The molecular formula is C16H18F2N8O3S. The van der Waals surface area contributed by atoms with Gasteiger partial charge in [-0.25, -0.2) is 4.98 Å². The molecule has 1 saturated heterocycles. The zero-order chi connectivity index (χ0) is 21.0. The molecule has 0 bridgehead atoms. The molecule has 0 amide bonds. The average molecular weight is 440 g/mol. The summed E-state index contributed by atoms with van der Waals surface area (Å²) in [5.74, 6) is 1.07. The minimum Gasteiger partial charge on any atom is -0.377 e. The van der Waals surface area contributed by atoms with E-state index in [1.54, 1.807) is 12.3 Å². The van der Waals surface area contributed by atoms with Crippen LogP contribution in [0, 0.1) is 0 Å². The van der Waals surface area contributed by atoms with Crippen LogP contribution >= 0.6 is 0 Å². The summed E-state index contributed by atoms with van der Waals surface area (Å²) in [6.45, 7) is 3.39. The first kappa shape index (κ1) is 19.1. The van der Waals surface area contributed by atoms with E-state index in [1.807, 2.05) is 11.8 Å². The number of ether oxygens (including phenoxy) is 1. The lowest BCUT2D eigenvalue weighted by molar-refractivity contribution is -0.0540. The molecule has 1 atom stereocenters. The van der Waals surface area contributed by atoms with Crippen LogP contribution in [0.4, 0.5) is 20.5 Å². The molecule has 2 aliphatic rings. The Balaban J connectivity index is 1.78. The zero-order valence-corrected chi connectivity index (χ0v) is 16.7. The monoisotopic (exact) mass is 440 g/mol. The summed E-state index contributed by atoms with van der Waals surface area (Å²) in [5, 5.41) is 11.4. The second kappa shape index (κ2) is 6.85. The standard InChI is InChI=1S/C16H18F2N8O3S/c1-10-9-29-7-6-23(10)15-11-3-5-24(30(27,28)26(17)18)14(11)12-8-20-25(16(12)21-15)13-2-4-19-22-13/h2,4,8,10H,3,5-7,9H2,1H3,(H,19,22)/t10-/m1/s1. The van der Waals surface area contributed by atoms with Crippen molar-refractivity contribution < 1.29 is 22.1 Å². The fourth-order valence-electron chi connectivity index (χ4n) is 4.02. The number of anilines is 2. The highest BCUT2D eigenvalue weighted by Crippen LogP contribution is 2.43. The summed E-state index contributed by atoms with van der Waals surface area (Å²) >= 11 is 0. The molecule has 0 spiro atoms. The fraction of sp³-hybridized carbons (Fsp3) is 0.438. The van der Waals surface area contributed by atoms with E-state index in [0.717, 1.165) is 4.31 Å². The van der Waals surface area contributed by atoms with Crippen LogP contribution in [0.1, 0.15) is 12.5 Å². The fourth-order valence-corrected chi connectivity index (χ4v) is 4.93. The molecule has 5 heterocycles. The molecule has 0 aliphatic carbocycles. The van der Waals surface area contributed by atoms with Crippen molar-refractivity contribution in [2.75, 3.05) is 35.5 Å². The maximum atomic E-state index is 13.2. The highest BCUT2D eigenvalue weighted by Gasteiger charge is 2.40. The topological polar surface area (TPSA) is 112 Å². The van der Waals surface area contributed by atoms with E-state index < -0.39 is 15.0 Å². The van der Waals surface area contributed by atoms with Crippen LogP contribution in [0.3, 0.4) is 0 Å². The molecule has 30 heavy (non-hydrogen) atoms. The lowest BCUT2D eigenvalue weighted by Gasteiger charge is -2.35. The second-order valence-corrected chi connectivity index (χ2v) is 8.73. The maximum Gasteiger partial charge on any atom is 0.358 e. The van der Waals surface area contributed by atoms with E-state index in [-0.39, 0.29) is 24.7 Å². The van der Waals surface area contributed by atoms with E-state index in [1.165, 1.54) is 10.9 Å². The minimum atomic E-state index is -4.98. The molecule has 0 aromatic carbocycles.